The van der Waals surface area contributed by atoms with Gasteiger partial charge in [0.2, 0.25) is 5.91 Å². The first-order valence-corrected chi connectivity index (χ1v) is 10.0. The van der Waals surface area contributed by atoms with Crippen LogP contribution in [0.1, 0.15) is 30.4 Å². The molecule has 0 aromatic heterocycles. The normalized spacial score (nSPS) is 18.5. The van der Waals surface area contributed by atoms with Gasteiger partial charge in [-0.1, -0.05) is 6.07 Å². The molecule has 1 aromatic carbocycles. The summed E-state index contributed by atoms with van der Waals surface area (Å²) in [6.45, 7) is 3.07. The molecule has 1 aliphatic carbocycles. The van der Waals surface area contributed by atoms with Crippen molar-refractivity contribution in [2.75, 3.05) is 31.9 Å². The molecule has 5 nitrogen and oxygen atoms in total. The van der Waals surface area contributed by atoms with Gasteiger partial charge in [-0.25, -0.2) is 8.42 Å². The van der Waals surface area contributed by atoms with Gasteiger partial charge in [-0.05, 0) is 55.5 Å². The number of carbonyl (C=O) groups is 1. The quantitative estimate of drug-likeness (QED) is 0.896. The van der Waals surface area contributed by atoms with Crippen LogP contribution in [0.3, 0.4) is 0 Å². The van der Waals surface area contributed by atoms with Crippen LogP contribution in [0, 0.1) is 0 Å². The number of nitrogens with zero attached hydrogens (tertiary/aromatic N) is 1. The summed E-state index contributed by atoms with van der Waals surface area (Å²) < 4.78 is 25.0. The van der Waals surface area contributed by atoms with E-state index >= 15 is 0 Å². The lowest BCUT2D eigenvalue weighted by Gasteiger charge is -2.19. The van der Waals surface area contributed by atoms with E-state index in [2.05, 4.69) is 5.32 Å². The van der Waals surface area contributed by atoms with E-state index in [0.717, 1.165) is 44.3 Å². The van der Waals surface area contributed by atoms with E-state index in [9.17, 15) is 13.2 Å². The molecule has 23 heavy (non-hydrogen) atoms. The average Bonchev–Trinajstić information content (AvgIpc) is 2.84. The highest BCUT2D eigenvalue weighted by Crippen LogP contribution is 2.25. The molecule has 0 bridgehead atoms. The summed E-state index contributed by atoms with van der Waals surface area (Å²) in [4.78, 5) is 14.4. The van der Waals surface area contributed by atoms with Crippen LogP contribution in [0.25, 0.3) is 0 Å². The molecule has 1 aliphatic heterocycles. The van der Waals surface area contributed by atoms with E-state index in [4.69, 9.17) is 0 Å². The number of carbonyl (C=O) groups excluding carboxylic acids is 1. The molecule has 1 fully saturated rings. The van der Waals surface area contributed by atoms with Crippen LogP contribution in [-0.4, -0.2) is 51.2 Å². The minimum atomic E-state index is -3.39. The van der Waals surface area contributed by atoms with Gasteiger partial charge in [0, 0.05) is 26.1 Å². The fourth-order valence-electron chi connectivity index (χ4n) is 3.33. The largest absolute Gasteiger partial charge is 0.341 e. The second-order valence-electron chi connectivity index (χ2n) is 6.34. The Labute approximate surface area is 138 Å². The number of aryl methyl sites for hydroxylation is 2. The molecular formula is C17H24N2O3S. The van der Waals surface area contributed by atoms with Gasteiger partial charge in [0.05, 0.1) is 10.6 Å². The number of amides is 1. The Hall–Kier alpha value is -1.40. The summed E-state index contributed by atoms with van der Waals surface area (Å²) in [6, 6.07) is 5.43. The number of hydrogen-bond acceptors (Lipinski definition) is 4. The zero-order valence-corrected chi connectivity index (χ0v) is 14.2. The van der Waals surface area contributed by atoms with Gasteiger partial charge in [0.15, 0.2) is 9.84 Å². The van der Waals surface area contributed by atoms with Crippen molar-refractivity contribution >= 4 is 15.7 Å². The standard InChI is InChI=1S/C17H24N2O3S/c20-17(19-10-2-8-18-9-11-19)7-12-23(21,22)16-6-5-14-3-1-4-15(14)13-16/h5-6,13,18H,1-4,7-12H2. The van der Waals surface area contributed by atoms with Crippen molar-refractivity contribution in [1.82, 2.24) is 10.2 Å². The maximum atomic E-state index is 12.5. The van der Waals surface area contributed by atoms with Gasteiger partial charge in [-0.3, -0.25) is 4.79 Å². The number of fused-ring (bicyclic) bond motifs is 1. The van der Waals surface area contributed by atoms with E-state index in [1.54, 1.807) is 17.0 Å². The van der Waals surface area contributed by atoms with E-state index < -0.39 is 9.84 Å². The average molecular weight is 336 g/mol. The van der Waals surface area contributed by atoms with Crippen LogP contribution in [0.15, 0.2) is 23.1 Å². The summed E-state index contributed by atoms with van der Waals surface area (Å²) in [5.41, 5.74) is 2.41. The molecule has 0 saturated carbocycles. The van der Waals surface area contributed by atoms with Gasteiger partial charge in [0.25, 0.3) is 0 Å². The van der Waals surface area contributed by atoms with Crippen LogP contribution < -0.4 is 5.32 Å². The molecule has 0 atom stereocenters. The van der Waals surface area contributed by atoms with E-state index in [0.29, 0.717) is 18.0 Å². The Balaban J connectivity index is 1.63. The second kappa shape index (κ2) is 7.01. The maximum Gasteiger partial charge on any atom is 0.223 e. The molecule has 1 amide bonds. The smallest absolute Gasteiger partial charge is 0.223 e. The predicted molar refractivity (Wildman–Crippen MR) is 89.2 cm³/mol. The fourth-order valence-corrected chi connectivity index (χ4v) is 4.61. The van der Waals surface area contributed by atoms with E-state index in [-0.39, 0.29) is 18.1 Å². The molecule has 1 heterocycles. The van der Waals surface area contributed by atoms with Crippen molar-refractivity contribution in [2.45, 2.75) is 37.0 Å². The fraction of sp³-hybridized carbons (Fsp3) is 0.588. The summed E-state index contributed by atoms with van der Waals surface area (Å²) in [5.74, 6) is -0.160. The highest BCUT2D eigenvalue weighted by atomic mass is 32.2. The molecule has 126 valence electrons. The van der Waals surface area contributed by atoms with Crippen molar-refractivity contribution in [3.05, 3.63) is 29.3 Å². The van der Waals surface area contributed by atoms with Gasteiger partial charge >= 0.3 is 0 Å². The molecule has 0 spiro atoms. The molecule has 1 saturated heterocycles. The first kappa shape index (κ1) is 16.5. The second-order valence-corrected chi connectivity index (χ2v) is 8.45. The van der Waals surface area contributed by atoms with Crippen molar-refractivity contribution in [1.29, 1.82) is 0 Å². The summed E-state index contributed by atoms with van der Waals surface area (Å²) >= 11 is 0. The summed E-state index contributed by atoms with van der Waals surface area (Å²) in [5, 5.41) is 3.24. The number of rotatable bonds is 4. The minimum Gasteiger partial charge on any atom is -0.341 e. The van der Waals surface area contributed by atoms with Crippen molar-refractivity contribution < 1.29 is 13.2 Å². The maximum absolute atomic E-state index is 12.5. The Morgan fingerprint density at radius 2 is 1.91 bits per heavy atom. The lowest BCUT2D eigenvalue weighted by molar-refractivity contribution is -0.130. The lowest BCUT2D eigenvalue weighted by Crippen LogP contribution is -2.35. The van der Waals surface area contributed by atoms with Crippen LogP contribution in [0.2, 0.25) is 0 Å². The van der Waals surface area contributed by atoms with Crippen LogP contribution >= 0.6 is 0 Å². The number of benzene rings is 1. The first-order chi connectivity index (χ1) is 11.1. The summed E-state index contributed by atoms with van der Waals surface area (Å²) in [6.07, 6.45) is 4.08. The van der Waals surface area contributed by atoms with Gasteiger partial charge in [-0.2, -0.15) is 0 Å². The van der Waals surface area contributed by atoms with Crippen LogP contribution in [0.5, 0.6) is 0 Å². The predicted octanol–water partition coefficient (Wildman–Crippen LogP) is 1.16. The molecular weight excluding hydrogens is 312 g/mol. The zero-order valence-electron chi connectivity index (χ0n) is 13.4. The Morgan fingerprint density at radius 1 is 1.09 bits per heavy atom. The highest BCUT2D eigenvalue weighted by molar-refractivity contribution is 7.91. The van der Waals surface area contributed by atoms with Crippen LogP contribution in [-0.2, 0) is 27.5 Å². The SMILES string of the molecule is O=C(CCS(=O)(=O)c1ccc2c(c1)CCC2)N1CCCNCC1. The zero-order chi connectivity index (χ0) is 16.3. The molecule has 2 aliphatic rings. The van der Waals surface area contributed by atoms with E-state index in [1.807, 2.05) is 6.07 Å². The van der Waals surface area contributed by atoms with Gasteiger partial charge in [0.1, 0.15) is 0 Å². The van der Waals surface area contributed by atoms with Crippen molar-refractivity contribution in [2.24, 2.45) is 0 Å². The molecule has 1 N–H and O–H groups in total. The third-order valence-electron chi connectivity index (χ3n) is 4.71. The van der Waals surface area contributed by atoms with Gasteiger partial charge < -0.3 is 10.2 Å². The molecule has 1 aromatic rings. The number of nitrogens with one attached hydrogen (secondary N) is 1. The number of sulfone groups is 1. The summed E-state index contributed by atoms with van der Waals surface area (Å²) in [7, 11) is -3.39. The highest BCUT2D eigenvalue weighted by Gasteiger charge is 2.22. The third-order valence-corrected chi connectivity index (χ3v) is 6.42. The first-order valence-electron chi connectivity index (χ1n) is 8.39. The molecule has 6 heteroatoms. The van der Waals surface area contributed by atoms with Gasteiger partial charge in [-0.15, -0.1) is 0 Å². The topological polar surface area (TPSA) is 66.5 Å². The molecule has 3 rings (SSSR count). The Bertz CT molecular complexity index is 677. The third kappa shape index (κ3) is 3.93. The number of hydrogen-bond donors (Lipinski definition) is 1. The molecule has 0 radical (unpaired) electrons. The monoisotopic (exact) mass is 336 g/mol. The Morgan fingerprint density at radius 3 is 2.78 bits per heavy atom. The van der Waals surface area contributed by atoms with Crippen LogP contribution in [0.4, 0.5) is 0 Å². The Kier molecular flexibility index (Phi) is 5.02. The van der Waals surface area contributed by atoms with Crippen molar-refractivity contribution in [3.8, 4) is 0 Å². The lowest BCUT2D eigenvalue weighted by atomic mass is 10.1. The van der Waals surface area contributed by atoms with Crippen molar-refractivity contribution in [3.63, 3.8) is 0 Å². The minimum absolute atomic E-state index is 0.0570. The van der Waals surface area contributed by atoms with E-state index in [1.165, 1.54) is 5.56 Å². The molecule has 0 unspecified atom stereocenters.